The first kappa shape index (κ1) is 24.2. The van der Waals surface area contributed by atoms with Crippen LogP contribution in [0.5, 0.6) is 5.75 Å². The highest BCUT2D eigenvalue weighted by Crippen LogP contribution is 2.27. The van der Waals surface area contributed by atoms with Crippen LogP contribution in [0.3, 0.4) is 0 Å². The molecule has 0 bridgehead atoms. The molecular formula is C25H25ClN6O3S. The van der Waals surface area contributed by atoms with Gasteiger partial charge in [0.05, 0.1) is 23.5 Å². The Bertz CT molecular complexity index is 1480. The van der Waals surface area contributed by atoms with Gasteiger partial charge in [0.15, 0.2) is 0 Å². The van der Waals surface area contributed by atoms with Crippen molar-refractivity contribution in [2.75, 3.05) is 38.6 Å². The van der Waals surface area contributed by atoms with Gasteiger partial charge in [-0.2, -0.15) is 9.61 Å². The average Bonchev–Trinajstić information content (AvgIpc) is 3.31. The number of rotatable bonds is 5. The second-order valence-electron chi connectivity index (χ2n) is 8.60. The molecule has 1 saturated heterocycles. The van der Waals surface area contributed by atoms with Crippen LogP contribution < -0.4 is 15.6 Å². The van der Waals surface area contributed by atoms with Crippen LogP contribution >= 0.6 is 22.9 Å². The topological polar surface area (TPSA) is 92.1 Å². The monoisotopic (exact) mass is 524 g/mol. The Balaban J connectivity index is 1.23. The van der Waals surface area contributed by atoms with Crippen LogP contribution in [0, 0.1) is 6.92 Å². The number of methoxy groups -OCH3 is 1. The number of hydrogen-bond donors (Lipinski definition) is 1. The molecule has 1 aliphatic heterocycles. The van der Waals surface area contributed by atoms with E-state index in [0.717, 1.165) is 16.9 Å². The maximum absolute atomic E-state index is 12.7. The molecule has 0 unspecified atom stereocenters. The Morgan fingerprint density at radius 1 is 1.14 bits per heavy atom. The van der Waals surface area contributed by atoms with Crippen molar-refractivity contribution in [3.8, 4) is 16.3 Å². The number of piperazine rings is 1. The highest BCUT2D eigenvalue weighted by molar-refractivity contribution is 7.19. The molecule has 2 aromatic heterocycles. The van der Waals surface area contributed by atoms with Crippen LogP contribution in [0.2, 0.25) is 5.02 Å². The van der Waals surface area contributed by atoms with Gasteiger partial charge in [-0.15, -0.1) is 0 Å². The maximum Gasteiger partial charge on any atom is 0.321 e. The molecule has 186 valence electrons. The molecule has 5 rings (SSSR count). The summed E-state index contributed by atoms with van der Waals surface area (Å²) in [6.45, 7) is 4.96. The molecule has 2 aromatic carbocycles. The smallest absolute Gasteiger partial charge is 0.321 e. The average molecular weight is 525 g/mol. The summed E-state index contributed by atoms with van der Waals surface area (Å²) in [6, 6.07) is 14.5. The number of nitrogens with zero attached hydrogens (tertiary/aromatic N) is 5. The Morgan fingerprint density at radius 3 is 2.69 bits per heavy atom. The van der Waals surface area contributed by atoms with Gasteiger partial charge in [0.2, 0.25) is 4.96 Å². The van der Waals surface area contributed by atoms with Gasteiger partial charge in [-0.3, -0.25) is 9.69 Å². The van der Waals surface area contributed by atoms with Gasteiger partial charge in [0, 0.05) is 44.4 Å². The fourth-order valence-electron chi connectivity index (χ4n) is 4.06. The first-order valence-electron chi connectivity index (χ1n) is 11.5. The lowest BCUT2D eigenvalue weighted by molar-refractivity contribution is 0.142. The molecule has 0 atom stereocenters. The Kier molecular flexibility index (Phi) is 6.90. The van der Waals surface area contributed by atoms with E-state index >= 15 is 0 Å². The van der Waals surface area contributed by atoms with E-state index in [0.29, 0.717) is 59.1 Å². The number of anilines is 1. The van der Waals surface area contributed by atoms with Gasteiger partial charge in [0.25, 0.3) is 5.56 Å². The number of urea groups is 1. The van der Waals surface area contributed by atoms with E-state index in [1.807, 2.05) is 49.4 Å². The zero-order chi connectivity index (χ0) is 25.2. The van der Waals surface area contributed by atoms with E-state index in [2.05, 4.69) is 20.3 Å². The second kappa shape index (κ2) is 10.3. The Labute approximate surface area is 216 Å². The molecule has 0 spiro atoms. The van der Waals surface area contributed by atoms with Crippen LogP contribution in [0.15, 0.2) is 53.3 Å². The summed E-state index contributed by atoms with van der Waals surface area (Å²) in [4.78, 5) is 34.6. The zero-order valence-electron chi connectivity index (χ0n) is 19.9. The standard InChI is InChI=1S/C25H25ClN6O3S/c1-16-6-7-21(20(26)12-16)28-24(34)31-10-8-30(9-11-31)15-18-14-22(33)32-25(27-18)36-23(29-32)17-4-3-5-19(13-17)35-2/h3-7,12-14H,8-11,15H2,1-2H3,(H,28,34). The number of benzene rings is 2. The number of amides is 2. The SMILES string of the molecule is COc1cccc(-c2nn3c(=O)cc(CN4CCN(C(=O)Nc5ccc(C)cc5Cl)CC4)nc3s2)c1. The van der Waals surface area contributed by atoms with Gasteiger partial charge in [-0.1, -0.05) is 41.1 Å². The fourth-order valence-corrected chi connectivity index (χ4v) is 5.27. The predicted octanol–water partition coefficient (Wildman–Crippen LogP) is 4.14. The molecule has 3 heterocycles. The van der Waals surface area contributed by atoms with E-state index < -0.39 is 0 Å². The lowest BCUT2D eigenvalue weighted by atomic mass is 10.2. The third-order valence-corrected chi connectivity index (χ3v) is 7.30. The third-order valence-electron chi connectivity index (χ3n) is 6.03. The lowest BCUT2D eigenvalue weighted by Gasteiger charge is -2.34. The summed E-state index contributed by atoms with van der Waals surface area (Å²) in [5.41, 5.74) is 2.98. The molecule has 2 amide bonds. The number of ether oxygens (including phenoxy) is 1. The molecule has 0 radical (unpaired) electrons. The highest BCUT2D eigenvalue weighted by Gasteiger charge is 2.22. The Hall–Kier alpha value is -3.47. The number of fused-ring (bicyclic) bond motifs is 1. The molecule has 4 aromatic rings. The number of nitrogens with one attached hydrogen (secondary N) is 1. The van der Waals surface area contributed by atoms with Crippen molar-refractivity contribution >= 4 is 39.6 Å². The van der Waals surface area contributed by atoms with E-state index in [-0.39, 0.29) is 11.6 Å². The highest BCUT2D eigenvalue weighted by atomic mass is 35.5. The number of halogens is 1. The van der Waals surface area contributed by atoms with Crippen LogP contribution in [-0.4, -0.2) is 63.7 Å². The van der Waals surface area contributed by atoms with E-state index in [1.54, 1.807) is 12.0 Å². The van der Waals surface area contributed by atoms with Crippen molar-refractivity contribution in [2.45, 2.75) is 13.5 Å². The van der Waals surface area contributed by atoms with Crippen LogP contribution in [-0.2, 0) is 6.54 Å². The summed E-state index contributed by atoms with van der Waals surface area (Å²) in [7, 11) is 1.61. The third kappa shape index (κ3) is 5.20. The quantitative estimate of drug-likeness (QED) is 0.422. The number of aryl methyl sites for hydroxylation is 1. The van der Waals surface area contributed by atoms with E-state index in [4.69, 9.17) is 16.3 Å². The number of carbonyl (C=O) groups excluding carboxylic acids is 1. The van der Waals surface area contributed by atoms with Crippen LogP contribution in [0.25, 0.3) is 15.5 Å². The van der Waals surface area contributed by atoms with Crippen molar-refractivity contribution in [3.05, 3.63) is 75.2 Å². The van der Waals surface area contributed by atoms with Gasteiger partial charge in [-0.25, -0.2) is 9.78 Å². The lowest BCUT2D eigenvalue weighted by Crippen LogP contribution is -2.49. The fraction of sp³-hybridized carbons (Fsp3) is 0.280. The number of hydrogen-bond acceptors (Lipinski definition) is 7. The molecule has 0 saturated carbocycles. The summed E-state index contributed by atoms with van der Waals surface area (Å²) in [6.07, 6.45) is 0. The maximum atomic E-state index is 12.7. The summed E-state index contributed by atoms with van der Waals surface area (Å²) in [5, 5.41) is 8.56. The minimum atomic E-state index is -0.214. The summed E-state index contributed by atoms with van der Waals surface area (Å²) < 4.78 is 6.63. The molecule has 36 heavy (non-hydrogen) atoms. The molecule has 0 aliphatic carbocycles. The van der Waals surface area contributed by atoms with E-state index in [1.165, 1.54) is 21.9 Å². The number of aromatic nitrogens is 3. The van der Waals surface area contributed by atoms with Gasteiger partial charge in [-0.05, 0) is 36.8 Å². The van der Waals surface area contributed by atoms with Crippen molar-refractivity contribution < 1.29 is 9.53 Å². The number of carbonyl (C=O) groups is 1. The molecule has 1 fully saturated rings. The molecular weight excluding hydrogens is 500 g/mol. The van der Waals surface area contributed by atoms with Crippen LogP contribution in [0.4, 0.5) is 10.5 Å². The summed E-state index contributed by atoms with van der Waals surface area (Å²) >= 11 is 7.61. The minimum Gasteiger partial charge on any atom is -0.497 e. The van der Waals surface area contributed by atoms with Crippen molar-refractivity contribution in [1.82, 2.24) is 24.4 Å². The van der Waals surface area contributed by atoms with Crippen molar-refractivity contribution in [1.29, 1.82) is 0 Å². The zero-order valence-corrected chi connectivity index (χ0v) is 21.5. The molecule has 1 N–H and O–H groups in total. The molecule has 9 nitrogen and oxygen atoms in total. The molecule has 1 aliphatic rings. The van der Waals surface area contributed by atoms with Crippen LogP contribution in [0.1, 0.15) is 11.3 Å². The normalized spacial score (nSPS) is 14.2. The second-order valence-corrected chi connectivity index (χ2v) is 9.96. The van der Waals surface area contributed by atoms with E-state index in [9.17, 15) is 9.59 Å². The molecule has 11 heteroatoms. The Morgan fingerprint density at radius 2 is 1.94 bits per heavy atom. The first-order valence-corrected chi connectivity index (χ1v) is 12.7. The largest absolute Gasteiger partial charge is 0.497 e. The first-order chi connectivity index (χ1) is 17.4. The van der Waals surface area contributed by atoms with Gasteiger partial charge in [0.1, 0.15) is 10.8 Å². The summed E-state index contributed by atoms with van der Waals surface area (Å²) in [5.74, 6) is 0.725. The van der Waals surface area contributed by atoms with Gasteiger partial charge < -0.3 is 15.0 Å². The van der Waals surface area contributed by atoms with Crippen molar-refractivity contribution in [3.63, 3.8) is 0 Å². The minimum absolute atomic E-state index is 0.173. The van der Waals surface area contributed by atoms with Crippen molar-refractivity contribution in [2.24, 2.45) is 0 Å². The van der Waals surface area contributed by atoms with Gasteiger partial charge >= 0.3 is 6.03 Å². The predicted molar refractivity (Wildman–Crippen MR) is 141 cm³/mol.